The van der Waals surface area contributed by atoms with E-state index in [1.807, 2.05) is 42.5 Å². The molecular weight excluding hydrogens is 510 g/mol. The predicted octanol–water partition coefficient (Wildman–Crippen LogP) is 7.95. The van der Waals surface area contributed by atoms with Gasteiger partial charge in [-0.1, -0.05) is 59.6 Å². The zero-order chi connectivity index (χ0) is 24.9. The van der Waals surface area contributed by atoms with Crippen LogP contribution in [-0.4, -0.2) is 48.7 Å². The van der Waals surface area contributed by atoms with Crippen LogP contribution in [0.3, 0.4) is 0 Å². The van der Waals surface area contributed by atoms with E-state index in [2.05, 4.69) is 32.7 Å². The number of nitrogens with zero attached hydrogens (tertiary/aromatic N) is 2. The molecule has 0 aliphatic carbocycles. The Bertz CT molecular complexity index is 1090. The van der Waals surface area contributed by atoms with Crippen LogP contribution in [0.25, 0.3) is 0 Å². The molecule has 2 fully saturated rings. The summed E-state index contributed by atoms with van der Waals surface area (Å²) in [5, 5.41) is 5.94. The third-order valence-corrected chi connectivity index (χ3v) is 9.27. The van der Waals surface area contributed by atoms with Crippen molar-refractivity contribution in [2.75, 3.05) is 32.7 Å². The molecule has 2 aromatic carbocycles. The van der Waals surface area contributed by atoms with Gasteiger partial charge >= 0.3 is 0 Å². The molecular formula is C30H35Cl2FN2S. The van der Waals surface area contributed by atoms with Crippen molar-refractivity contribution in [2.24, 2.45) is 11.8 Å². The first-order chi connectivity index (χ1) is 17.5. The van der Waals surface area contributed by atoms with Crippen molar-refractivity contribution in [1.29, 1.82) is 0 Å². The van der Waals surface area contributed by atoms with Crippen molar-refractivity contribution in [3.05, 3.63) is 92.1 Å². The second kappa shape index (κ2) is 12.4. The Hall–Kier alpha value is -1.43. The Kier molecular flexibility index (Phi) is 9.03. The van der Waals surface area contributed by atoms with Crippen molar-refractivity contribution in [2.45, 2.75) is 44.3 Å². The van der Waals surface area contributed by atoms with Crippen LogP contribution in [0, 0.1) is 11.8 Å². The summed E-state index contributed by atoms with van der Waals surface area (Å²) >= 11 is 14.4. The average Bonchev–Trinajstić information content (AvgIpc) is 3.53. The second-order valence-electron chi connectivity index (χ2n) is 10.6. The molecule has 3 unspecified atom stereocenters. The number of likely N-dealkylation sites (tertiary alicyclic amines) is 2. The van der Waals surface area contributed by atoms with Gasteiger partial charge < -0.3 is 4.90 Å². The molecule has 6 heteroatoms. The fourth-order valence-corrected chi connectivity index (χ4v) is 7.27. The smallest absolute Gasteiger partial charge is 0.104 e. The minimum atomic E-state index is -0.741. The Labute approximate surface area is 229 Å². The molecule has 3 atom stereocenters. The largest absolute Gasteiger partial charge is 0.303 e. The summed E-state index contributed by atoms with van der Waals surface area (Å²) in [4.78, 5) is 5.18. The summed E-state index contributed by atoms with van der Waals surface area (Å²) in [6.07, 6.45) is 2.71. The van der Waals surface area contributed by atoms with Crippen LogP contribution in [0.1, 0.15) is 41.9 Å². The maximum Gasteiger partial charge on any atom is 0.104 e. The lowest BCUT2D eigenvalue weighted by molar-refractivity contribution is 0.135. The third-order valence-electron chi connectivity index (χ3n) is 7.99. The lowest BCUT2D eigenvalue weighted by Crippen LogP contribution is -2.39. The number of thiophene rings is 1. The van der Waals surface area contributed by atoms with Gasteiger partial charge in [-0.2, -0.15) is 11.3 Å². The van der Waals surface area contributed by atoms with Crippen molar-refractivity contribution >= 4 is 34.5 Å². The lowest BCUT2D eigenvalue weighted by atomic mass is 9.87. The van der Waals surface area contributed by atoms with Crippen LogP contribution in [0.4, 0.5) is 4.39 Å². The molecule has 2 aliphatic heterocycles. The molecule has 0 amide bonds. The van der Waals surface area contributed by atoms with Crippen LogP contribution >= 0.6 is 34.5 Å². The molecule has 2 saturated heterocycles. The zero-order valence-corrected chi connectivity index (χ0v) is 23.0. The van der Waals surface area contributed by atoms with E-state index >= 15 is 0 Å². The number of hydrogen-bond donors (Lipinski definition) is 0. The Balaban J connectivity index is 1.14. The number of halogens is 3. The van der Waals surface area contributed by atoms with Crippen LogP contribution in [0.15, 0.2) is 65.4 Å². The van der Waals surface area contributed by atoms with Crippen molar-refractivity contribution < 1.29 is 4.39 Å². The van der Waals surface area contributed by atoms with E-state index in [9.17, 15) is 4.39 Å². The summed E-state index contributed by atoms with van der Waals surface area (Å²) in [6, 6.07) is 18.2. The normalized spacial score (nSPS) is 22.8. The fourth-order valence-electron chi connectivity index (χ4n) is 6.08. The maximum absolute atomic E-state index is 14.7. The molecule has 0 spiro atoms. The van der Waals surface area contributed by atoms with E-state index in [4.69, 9.17) is 23.2 Å². The van der Waals surface area contributed by atoms with Crippen LogP contribution in [0.2, 0.25) is 10.0 Å². The summed E-state index contributed by atoms with van der Waals surface area (Å²) in [5.74, 6) is 1.63. The number of hydrogen-bond acceptors (Lipinski definition) is 3. The van der Waals surface area contributed by atoms with E-state index in [0.29, 0.717) is 35.6 Å². The van der Waals surface area contributed by atoms with E-state index in [1.54, 1.807) is 11.3 Å². The lowest BCUT2D eigenvalue weighted by Gasteiger charge is -2.35. The van der Waals surface area contributed by atoms with Gasteiger partial charge in [-0.3, -0.25) is 4.90 Å². The van der Waals surface area contributed by atoms with Gasteiger partial charge in [-0.15, -0.1) is 0 Å². The molecule has 36 heavy (non-hydrogen) atoms. The number of benzene rings is 2. The molecule has 0 saturated carbocycles. The van der Waals surface area contributed by atoms with Gasteiger partial charge in [0.05, 0.1) is 0 Å². The van der Waals surface area contributed by atoms with Gasteiger partial charge in [0.15, 0.2) is 0 Å². The first kappa shape index (κ1) is 26.2. The summed E-state index contributed by atoms with van der Waals surface area (Å²) in [7, 11) is 0. The molecule has 5 rings (SSSR count). The molecule has 192 valence electrons. The number of rotatable bonds is 9. The third kappa shape index (κ3) is 6.90. The van der Waals surface area contributed by atoms with Gasteiger partial charge in [-0.05, 0) is 89.8 Å². The molecule has 0 radical (unpaired) electrons. The monoisotopic (exact) mass is 544 g/mol. The highest BCUT2D eigenvalue weighted by Crippen LogP contribution is 2.37. The number of alkyl halides is 1. The first-order valence-electron chi connectivity index (χ1n) is 13.1. The Morgan fingerprint density at radius 3 is 2.50 bits per heavy atom. The zero-order valence-electron chi connectivity index (χ0n) is 20.7. The van der Waals surface area contributed by atoms with Crippen molar-refractivity contribution in [3.8, 4) is 0 Å². The van der Waals surface area contributed by atoms with Gasteiger partial charge in [0.25, 0.3) is 0 Å². The van der Waals surface area contributed by atoms with Gasteiger partial charge in [0, 0.05) is 48.6 Å². The van der Waals surface area contributed by atoms with E-state index in [0.717, 1.165) is 68.3 Å². The van der Waals surface area contributed by atoms with Crippen LogP contribution in [0.5, 0.6) is 0 Å². The Morgan fingerprint density at radius 2 is 1.78 bits per heavy atom. The highest BCUT2D eigenvalue weighted by Gasteiger charge is 2.36. The maximum atomic E-state index is 14.7. The SMILES string of the molecule is FC(Cc1ccccc1)CC1CCN(CC2CN(Cc3ccc(Cl)cc3Cl)CC2c2ccsc2)CC1. The predicted molar refractivity (Wildman–Crippen MR) is 151 cm³/mol. The summed E-state index contributed by atoms with van der Waals surface area (Å²) in [5.41, 5.74) is 3.71. The van der Waals surface area contributed by atoms with Crippen LogP contribution < -0.4 is 0 Å². The van der Waals surface area contributed by atoms with E-state index < -0.39 is 6.17 Å². The number of piperidine rings is 1. The summed E-state index contributed by atoms with van der Waals surface area (Å²) < 4.78 is 14.7. The summed E-state index contributed by atoms with van der Waals surface area (Å²) in [6.45, 7) is 6.26. The molecule has 1 aromatic heterocycles. The second-order valence-corrected chi connectivity index (χ2v) is 12.2. The molecule has 3 aromatic rings. The van der Waals surface area contributed by atoms with Crippen LogP contribution in [-0.2, 0) is 13.0 Å². The fraction of sp³-hybridized carbons (Fsp3) is 0.467. The molecule has 0 bridgehead atoms. The minimum Gasteiger partial charge on any atom is -0.303 e. The average molecular weight is 546 g/mol. The molecule has 0 N–H and O–H groups in total. The molecule has 3 heterocycles. The van der Waals surface area contributed by atoms with Gasteiger partial charge in [-0.25, -0.2) is 4.39 Å². The Morgan fingerprint density at radius 1 is 0.972 bits per heavy atom. The quantitative estimate of drug-likeness (QED) is 0.269. The first-order valence-corrected chi connectivity index (χ1v) is 14.8. The van der Waals surface area contributed by atoms with Crippen molar-refractivity contribution in [1.82, 2.24) is 9.80 Å². The highest BCUT2D eigenvalue weighted by atomic mass is 35.5. The molecule has 2 aliphatic rings. The highest BCUT2D eigenvalue weighted by molar-refractivity contribution is 7.08. The topological polar surface area (TPSA) is 6.48 Å². The van der Waals surface area contributed by atoms with Gasteiger partial charge in [0.2, 0.25) is 0 Å². The van der Waals surface area contributed by atoms with Crippen molar-refractivity contribution in [3.63, 3.8) is 0 Å². The van der Waals surface area contributed by atoms with Gasteiger partial charge in [0.1, 0.15) is 6.17 Å². The van der Waals surface area contributed by atoms with E-state index in [-0.39, 0.29) is 0 Å². The van der Waals surface area contributed by atoms with E-state index in [1.165, 1.54) is 5.56 Å². The molecule has 2 nitrogen and oxygen atoms in total. The standard InChI is InChI=1S/C30H35Cl2FN2S/c31-27-7-6-24(30(32)16-27)17-35-19-26(29(20-35)25-10-13-36-21-25)18-34-11-8-23(9-12-34)15-28(33)14-22-4-2-1-3-5-22/h1-7,10,13,16,21,23,26,28-29H,8-9,11-12,14-15,17-20H2. The minimum absolute atomic E-state index is 0.500.